The topological polar surface area (TPSA) is 93.4 Å². The minimum Gasteiger partial charge on any atom is -0.329 e. The lowest BCUT2D eigenvalue weighted by Gasteiger charge is -2.06. The van der Waals surface area contributed by atoms with E-state index in [1.807, 2.05) is 23.6 Å². The van der Waals surface area contributed by atoms with E-state index < -0.39 is 0 Å². The lowest BCUT2D eigenvalue weighted by Crippen LogP contribution is -2.12. The van der Waals surface area contributed by atoms with Crippen LogP contribution in [0.15, 0.2) is 23.5 Å². The molecule has 0 unspecified atom stereocenters. The summed E-state index contributed by atoms with van der Waals surface area (Å²) in [5.41, 5.74) is 7.04. The molecule has 0 spiro atoms. The zero-order valence-corrected chi connectivity index (χ0v) is 11.4. The Hall–Kier alpha value is -1.91. The Bertz CT molecular complexity index is 601. The van der Waals surface area contributed by atoms with Gasteiger partial charge in [0.2, 0.25) is 0 Å². The van der Waals surface area contributed by atoms with Crippen LogP contribution in [0, 0.1) is 18.3 Å². The van der Waals surface area contributed by atoms with Gasteiger partial charge in [0.05, 0.1) is 0 Å². The number of rotatable bonds is 5. The number of thioether (sulfide) groups is 1. The second kappa shape index (κ2) is 6.31. The number of nitriles is 1. The molecule has 0 aliphatic rings. The van der Waals surface area contributed by atoms with Gasteiger partial charge in [-0.05, 0) is 24.6 Å². The summed E-state index contributed by atoms with van der Waals surface area (Å²) in [4.78, 5) is 3.94. The van der Waals surface area contributed by atoms with Crippen LogP contribution >= 0.6 is 11.8 Å². The first-order chi connectivity index (χ1) is 9.24. The fourth-order valence-corrected chi connectivity index (χ4v) is 2.58. The first-order valence-electron chi connectivity index (χ1n) is 5.82. The van der Waals surface area contributed by atoms with E-state index in [4.69, 9.17) is 11.0 Å². The molecule has 0 radical (unpaired) electrons. The van der Waals surface area contributed by atoms with Gasteiger partial charge in [0.15, 0.2) is 5.16 Å². The fraction of sp³-hybridized carbons (Fsp3) is 0.333. The van der Waals surface area contributed by atoms with Crippen molar-refractivity contribution in [3.8, 4) is 6.07 Å². The number of pyridine rings is 1. The van der Waals surface area contributed by atoms with Gasteiger partial charge in [0, 0.05) is 25.0 Å². The molecule has 19 heavy (non-hydrogen) atoms. The highest BCUT2D eigenvalue weighted by Crippen LogP contribution is 2.21. The highest BCUT2D eigenvalue weighted by atomic mass is 32.2. The molecule has 0 bridgehead atoms. The van der Waals surface area contributed by atoms with Crippen LogP contribution in [-0.2, 0) is 12.3 Å². The number of nitrogens with two attached hydrogens (primary N) is 1. The minimum atomic E-state index is 0.428. The molecule has 0 aliphatic heterocycles. The summed E-state index contributed by atoms with van der Waals surface area (Å²) in [5, 5.41) is 17.8. The van der Waals surface area contributed by atoms with Gasteiger partial charge >= 0.3 is 0 Å². The molecule has 0 amide bonds. The summed E-state index contributed by atoms with van der Waals surface area (Å²) < 4.78 is 2.00. The van der Waals surface area contributed by atoms with Crippen molar-refractivity contribution in [2.45, 2.75) is 24.4 Å². The summed E-state index contributed by atoms with van der Waals surface area (Å²) >= 11 is 1.58. The Balaban J connectivity index is 2.08. The third kappa shape index (κ3) is 3.30. The average molecular weight is 274 g/mol. The maximum atomic E-state index is 8.81. The lowest BCUT2D eigenvalue weighted by atomic mass is 10.2. The molecule has 6 nitrogen and oxygen atoms in total. The molecule has 0 aromatic carbocycles. The van der Waals surface area contributed by atoms with Gasteiger partial charge in [-0.1, -0.05) is 11.8 Å². The molecule has 2 heterocycles. The quantitative estimate of drug-likeness (QED) is 0.821. The van der Waals surface area contributed by atoms with Crippen molar-refractivity contribution < 1.29 is 0 Å². The van der Waals surface area contributed by atoms with Crippen LogP contribution in [0.2, 0.25) is 0 Å². The van der Waals surface area contributed by atoms with Crippen molar-refractivity contribution >= 4 is 11.8 Å². The van der Waals surface area contributed by atoms with E-state index in [0.29, 0.717) is 18.8 Å². The Morgan fingerprint density at radius 2 is 2.32 bits per heavy atom. The summed E-state index contributed by atoms with van der Waals surface area (Å²) in [6.07, 6.45) is 1.64. The van der Waals surface area contributed by atoms with E-state index in [-0.39, 0.29) is 0 Å². The second-order valence-electron chi connectivity index (χ2n) is 3.92. The molecule has 98 valence electrons. The summed E-state index contributed by atoms with van der Waals surface area (Å²) in [5.74, 6) is 1.58. The van der Waals surface area contributed by atoms with Gasteiger partial charge in [0.1, 0.15) is 17.6 Å². The molecule has 2 N–H and O–H groups in total. The largest absolute Gasteiger partial charge is 0.329 e. The Labute approximate surface area is 115 Å². The van der Waals surface area contributed by atoms with E-state index in [1.54, 1.807) is 24.0 Å². The molecule has 7 heteroatoms. The van der Waals surface area contributed by atoms with Crippen molar-refractivity contribution in [2.24, 2.45) is 5.73 Å². The monoisotopic (exact) mass is 274 g/mol. The van der Waals surface area contributed by atoms with Crippen LogP contribution in [0.25, 0.3) is 0 Å². The van der Waals surface area contributed by atoms with Crippen molar-refractivity contribution in [1.29, 1.82) is 5.26 Å². The Morgan fingerprint density at radius 3 is 3.05 bits per heavy atom. The van der Waals surface area contributed by atoms with Crippen LogP contribution in [-0.4, -0.2) is 26.3 Å². The molecular weight excluding hydrogens is 260 g/mol. The zero-order valence-electron chi connectivity index (χ0n) is 10.6. The first kappa shape index (κ1) is 13.5. The van der Waals surface area contributed by atoms with Crippen LogP contribution in [0.4, 0.5) is 0 Å². The van der Waals surface area contributed by atoms with E-state index in [2.05, 4.69) is 15.2 Å². The molecule has 2 aromatic rings. The van der Waals surface area contributed by atoms with Crippen molar-refractivity contribution in [1.82, 2.24) is 19.7 Å². The highest BCUT2D eigenvalue weighted by Gasteiger charge is 2.09. The molecule has 0 aliphatic carbocycles. The molecule has 0 atom stereocenters. The number of nitrogens with zero attached hydrogens (tertiary/aromatic N) is 5. The maximum Gasteiger partial charge on any atom is 0.191 e. The van der Waals surface area contributed by atoms with E-state index in [9.17, 15) is 0 Å². The standard InChI is InChI=1S/C12H14N6S/c1-9-16-17-12(18(9)5-3-13)19-8-10-2-4-15-11(6-10)7-14/h2,4,6H,3,5,8,13H2,1H3. The van der Waals surface area contributed by atoms with E-state index in [0.717, 1.165) is 22.3 Å². The van der Waals surface area contributed by atoms with Crippen LogP contribution in [0.5, 0.6) is 0 Å². The molecule has 0 saturated heterocycles. The van der Waals surface area contributed by atoms with Crippen molar-refractivity contribution in [3.05, 3.63) is 35.4 Å². The normalized spacial score (nSPS) is 10.4. The molecular formula is C12H14N6S. The van der Waals surface area contributed by atoms with Gasteiger partial charge in [0.25, 0.3) is 0 Å². The minimum absolute atomic E-state index is 0.428. The average Bonchev–Trinajstić information content (AvgIpc) is 2.78. The van der Waals surface area contributed by atoms with Crippen molar-refractivity contribution in [3.63, 3.8) is 0 Å². The van der Waals surface area contributed by atoms with Gasteiger partial charge in [-0.2, -0.15) is 5.26 Å². The Kier molecular flexibility index (Phi) is 4.49. The van der Waals surface area contributed by atoms with Crippen molar-refractivity contribution in [2.75, 3.05) is 6.54 Å². The van der Waals surface area contributed by atoms with E-state index in [1.165, 1.54) is 0 Å². The lowest BCUT2D eigenvalue weighted by molar-refractivity contribution is 0.627. The summed E-state index contributed by atoms with van der Waals surface area (Å²) in [7, 11) is 0. The van der Waals surface area contributed by atoms with Crippen LogP contribution in [0.1, 0.15) is 17.1 Å². The Morgan fingerprint density at radius 1 is 1.47 bits per heavy atom. The summed E-state index contributed by atoms with van der Waals surface area (Å²) in [6.45, 7) is 3.17. The molecule has 0 fully saturated rings. The number of aromatic nitrogens is 4. The maximum absolute atomic E-state index is 8.81. The van der Waals surface area contributed by atoms with Crippen LogP contribution in [0.3, 0.4) is 0 Å². The SMILES string of the molecule is Cc1nnc(SCc2ccnc(C#N)c2)n1CCN. The van der Waals surface area contributed by atoms with Crippen LogP contribution < -0.4 is 5.73 Å². The summed E-state index contributed by atoms with van der Waals surface area (Å²) in [6, 6.07) is 5.71. The van der Waals surface area contributed by atoms with Gasteiger partial charge < -0.3 is 10.3 Å². The fourth-order valence-electron chi connectivity index (χ4n) is 1.63. The molecule has 0 saturated carbocycles. The van der Waals surface area contributed by atoms with E-state index >= 15 is 0 Å². The number of aryl methyl sites for hydroxylation is 1. The van der Waals surface area contributed by atoms with Gasteiger partial charge in [-0.3, -0.25) is 0 Å². The predicted octanol–water partition coefficient (Wildman–Crippen LogP) is 1.10. The zero-order chi connectivity index (χ0) is 13.7. The molecule has 2 rings (SSSR count). The van der Waals surface area contributed by atoms with Gasteiger partial charge in [-0.15, -0.1) is 10.2 Å². The third-order valence-electron chi connectivity index (χ3n) is 2.56. The first-order valence-corrected chi connectivity index (χ1v) is 6.81. The third-order valence-corrected chi connectivity index (χ3v) is 3.60. The van der Waals surface area contributed by atoms with Gasteiger partial charge in [-0.25, -0.2) is 4.98 Å². The number of hydrogen-bond acceptors (Lipinski definition) is 6. The highest BCUT2D eigenvalue weighted by molar-refractivity contribution is 7.98. The number of hydrogen-bond donors (Lipinski definition) is 1. The second-order valence-corrected chi connectivity index (χ2v) is 4.86. The predicted molar refractivity (Wildman–Crippen MR) is 72.3 cm³/mol. The smallest absolute Gasteiger partial charge is 0.191 e. The molecule has 2 aromatic heterocycles.